The highest BCUT2D eigenvalue weighted by atomic mass is 35.5. The number of ether oxygens (including phenoxy) is 2. The number of halogens is 1. The fourth-order valence-corrected chi connectivity index (χ4v) is 2.56. The Morgan fingerprint density at radius 2 is 2.04 bits per heavy atom. The van der Waals surface area contributed by atoms with Gasteiger partial charge in [-0.15, -0.1) is 0 Å². The average Bonchev–Trinajstić information content (AvgIpc) is 3.04. The van der Waals surface area contributed by atoms with Crippen molar-refractivity contribution < 1.29 is 14.3 Å². The standard InChI is InChI=1S/C15H13ClN4O3/c1-22-12-11(15(21)23-2)19-14(20-13(12)17)8-3-4-9(16)10-7(8)5-6-18-10/h3-6,18H,1-2H3,(H2,17,19,20). The van der Waals surface area contributed by atoms with Crippen LogP contribution in [0.3, 0.4) is 0 Å². The summed E-state index contributed by atoms with van der Waals surface area (Å²) in [4.78, 5) is 23.5. The first-order valence-corrected chi connectivity index (χ1v) is 7.00. The summed E-state index contributed by atoms with van der Waals surface area (Å²) >= 11 is 6.15. The van der Waals surface area contributed by atoms with Gasteiger partial charge in [0.1, 0.15) is 0 Å². The highest BCUT2D eigenvalue weighted by Gasteiger charge is 2.22. The molecule has 0 unspecified atom stereocenters. The van der Waals surface area contributed by atoms with Gasteiger partial charge in [0, 0.05) is 17.1 Å². The summed E-state index contributed by atoms with van der Waals surface area (Å²) < 4.78 is 9.83. The molecule has 0 radical (unpaired) electrons. The van der Waals surface area contributed by atoms with Gasteiger partial charge in [0.25, 0.3) is 0 Å². The number of fused-ring (bicyclic) bond motifs is 1. The van der Waals surface area contributed by atoms with Gasteiger partial charge >= 0.3 is 5.97 Å². The highest BCUT2D eigenvalue weighted by molar-refractivity contribution is 6.35. The Bertz CT molecular complexity index is 907. The Morgan fingerprint density at radius 1 is 1.26 bits per heavy atom. The molecular weight excluding hydrogens is 320 g/mol. The van der Waals surface area contributed by atoms with Gasteiger partial charge in [-0.05, 0) is 18.2 Å². The SMILES string of the molecule is COC(=O)c1nc(-c2ccc(Cl)c3[nH]ccc23)nc(N)c1OC. The number of aromatic amines is 1. The second kappa shape index (κ2) is 5.77. The zero-order valence-electron chi connectivity index (χ0n) is 12.4. The van der Waals surface area contributed by atoms with Gasteiger partial charge in [-0.1, -0.05) is 11.6 Å². The van der Waals surface area contributed by atoms with Crippen molar-refractivity contribution in [1.29, 1.82) is 0 Å². The summed E-state index contributed by atoms with van der Waals surface area (Å²) in [6.07, 6.45) is 1.76. The van der Waals surface area contributed by atoms with E-state index >= 15 is 0 Å². The van der Waals surface area contributed by atoms with Crippen molar-refractivity contribution in [2.24, 2.45) is 0 Å². The molecule has 0 saturated heterocycles. The van der Waals surface area contributed by atoms with Crippen LogP contribution in [0.1, 0.15) is 10.5 Å². The van der Waals surface area contributed by atoms with Crippen LogP contribution in [-0.4, -0.2) is 35.1 Å². The normalized spacial score (nSPS) is 10.7. The molecule has 0 aliphatic heterocycles. The second-order valence-electron chi connectivity index (χ2n) is 4.67. The van der Waals surface area contributed by atoms with Gasteiger partial charge in [-0.2, -0.15) is 0 Å². The molecule has 0 atom stereocenters. The van der Waals surface area contributed by atoms with Crippen LogP contribution in [0.2, 0.25) is 5.02 Å². The number of anilines is 1. The Morgan fingerprint density at radius 3 is 2.74 bits per heavy atom. The summed E-state index contributed by atoms with van der Waals surface area (Å²) in [6, 6.07) is 5.33. The van der Waals surface area contributed by atoms with E-state index in [1.807, 2.05) is 6.07 Å². The third-order valence-electron chi connectivity index (χ3n) is 3.39. The van der Waals surface area contributed by atoms with Crippen LogP contribution in [0, 0.1) is 0 Å². The molecule has 3 aromatic rings. The lowest BCUT2D eigenvalue weighted by molar-refractivity contribution is 0.0590. The fraction of sp³-hybridized carbons (Fsp3) is 0.133. The van der Waals surface area contributed by atoms with Gasteiger partial charge in [0.2, 0.25) is 0 Å². The average molecular weight is 333 g/mol. The molecule has 0 spiro atoms. The van der Waals surface area contributed by atoms with Gasteiger partial charge < -0.3 is 20.2 Å². The number of rotatable bonds is 3. The van der Waals surface area contributed by atoms with Crippen molar-refractivity contribution in [3.63, 3.8) is 0 Å². The predicted molar refractivity (Wildman–Crippen MR) is 86.6 cm³/mol. The maximum Gasteiger partial charge on any atom is 0.360 e. The van der Waals surface area contributed by atoms with Gasteiger partial charge in [-0.25, -0.2) is 14.8 Å². The summed E-state index contributed by atoms with van der Waals surface area (Å²) in [6.45, 7) is 0. The topological polar surface area (TPSA) is 103 Å². The first-order chi connectivity index (χ1) is 11.1. The van der Waals surface area contributed by atoms with Gasteiger partial charge in [-0.3, -0.25) is 0 Å². The maximum atomic E-state index is 11.9. The van der Waals surface area contributed by atoms with Crippen LogP contribution < -0.4 is 10.5 Å². The molecule has 1 aromatic carbocycles. The number of carbonyl (C=O) groups is 1. The molecule has 0 bridgehead atoms. The quantitative estimate of drug-likeness (QED) is 0.715. The number of methoxy groups -OCH3 is 2. The van der Waals surface area contributed by atoms with E-state index < -0.39 is 5.97 Å². The molecule has 2 aromatic heterocycles. The number of benzene rings is 1. The van der Waals surface area contributed by atoms with Crippen molar-refractivity contribution in [3.8, 4) is 17.1 Å². The van der Waals surface area contributed by atoms with E-state index in [0.717, 1.165) is 10.9 Å². The zero-order chi connectivity index (χ0) is 16.6. The fourth-order valence-electron chi connectivity index (χ4n) is 2.34. The summed E-state index contributed by atoms with van der Waals surface area (Å²) in [5.74, 6) is -0.238. The number of nitrogens with zero attached hydrogens (tertiary/aromatic N) is 2. The van der Waals surface area contributed by atoms with Crippen molar-refractivity contribution in [1.82, 2.24) is 15.0 Å². The van der Waals surface area contributed by atoms with E-state index in [-0.39, 0.29) is 23.1 Å². The minimum Gasteiger partial charge on any atom is -0.491 e. The van der Waals surface area contributed by atoms with Crippen LogP contribution in [0.25, 0.3) is 22.3 Å². The van der Waals surface area contributed by atoms with E-state index in [4.69, 9.17) is 26.8 Å². The van der Waals surface area contributed by atoms with Gasteiger partial charge in [0.15, 0.2) is 23.1 Å². The van der Waals surface area contributed by atoms with E-state index in [9.17, 15) is 4.79 Å². The Kier molecular flexibility index (Phi) is 3.79. The van der Waals surface area contributed by atoms with Crippen LogP contribution in [0.4, 0.5) is 5.82 Å². The zero-order valence-corrected chi connectivity index (χ0v) is 13.1. The molecule has 118 valence electrons. The molecular formula is C15H13ClN4O3. The largest absolute Gasteiger partial charge is 0.491 e. The van der Waals surface area contributed by atoms with Gasteiger partial charge in [0.05, 0.1) is 24.8 Å². The Balaban J connectivity index is 2.27. The van der Waals surface area contributed by atoms with Crippen molar-refractivity contribution in [3.05, 3.63) is 35.1 Å². The molecule has 8 heteroatoms. The van der Waals surface area contributed by atoms with Crippen molar-refractivity contribution >= 4 is 34.3 Å². The summed E-state index contributed by atoms with van der Waals surface area (Å²) in [5, 5.41) is 1.39. The summed E-state index contributed by atoms with van der Waals surface area (Å²) in [7, 11) is 2.64. The lowest BCUT2D eigenvalue weighted by atomic mass is 10.1. The molecule has 3 N–H and O–H groups in total. The summed E-state index contributed by atoms with van der Waals surface area (Å²) in [5.41, 5.74) is 7.30. The number of H-pyrrole nitrogens is 1. The van der Waals surface area contributed by atoms with Crippen LogP contribution in [0.5, 0.6) is 5.75 Å². The van der Waals surface area contributed by atoms with Crippen LogP contribution >= 0.6 is 11.6 Å². The van der Waals surface area contributed by atoms with E-state index in [1.165, 1.54) is 14.2 Å². The number of nitrogen functional groups attached to an aromatic ring is 1. The lowest BCUT2D eigenvalue weighted by Crippen LogP contribution is -2.11. The van der Waals surface area contributed by atoms with E-state index in [0.29, 0.717) is 10.6 Å². The third-order valence-corrected chi connectivity index (χ3v) is 3.70. The van der Waals surface area contributed by atoms with E-state index in [1.54, 1.807) is 18.3 Å². The highest BCUT2D eigenvalue weighted by Crippen LogP contribution is 2.33. The first-order valence-electron chi connectivity index (χ1n) is 6.62. The lowest BCUT2D eigenvalue weighted by Gasteiger charge is -2.11. The molecule has 2 heterocycles. The number of esters is 1. The number of hydrogen-bond donors (Lipinski definition) is 2. The van der Waals surface area contributed by atoms with Crippen LogP contribution in [0.15, 0.2) is 24.4 Å². The van der Waals surface area contributed by atoms with Crippen molar-refractivity contribution in [2.75, 3.05) is 20.0 Å². The number of aromatic nitrogens is 3. The molecule has 0 fully saturated rings. The maximum absolute atomic E-state index is 11.9. The van der Waals surface area contributed by atoms with Crippen molar-refractivity contribution in [2.45, 2.75) is 0 Å². The minimum atomic E-state index is -0.656. The molecule has 3 rings (SSSR count). The monoisotopic (exact) mass is 332 g/mol. The molecule has 7 nitrogen and oxygen atoms in total. The first kappa shape index (κ1) is 15.1. The third kappa shape index (κ3) is 2.44. The molecule has 23 heavy (non-hydrogen) atoms. The second-order valence-corrected chi connectivity index (χ2v) is 5.07. The number of nitrogens with one attached hydrogen (secondary N) is 1. The molecule has 0 saturated carbocycles. The number of hydrogen-bond acceptors (Lipinski definition) is 6. The molecule has 0 aliphatic carbocycles. The molecule has 0 amide bonds. The van der Waals surface area contributed by atoms with E-state index in [2.05, 4.69) is 15.0 Å². The number of carbonyl (C=O) groups excluding carboxylic acids is 1. The predicted octanol–water partition coefficient (Wildman–Crippen LogP) is 2.66. The molecule has 0 aliphatic rings. The minimum absolute atomic E-state index is 0.0314. The Labute approximate surface area is 136 Å². The smallest absolute Gasteiger partial charge is 0.360 e. The number of nitrogens with two attached hydrogens (primary N) is 1. The van der Waals surface area contributed by atoms with Crippen LogP contribution in [-0.2, 0) is 4.74 Å². The Hall–Kier alpha value is -2.80.